The molecule has 1 aromatic carbocycles. The minimum absolute atomic E-state index is 0. The average Bonchev–Trinajstić information content (AvgIpc) is 3.19. The second kappa shape index (κ2) is 11.7. The summed E-state index contributed by atoms with van der Waals surface area (Å²) in [6, 6.07) is 10.2. The first kappa shape index (κ1) is 24.7. The van der Waals surface area contributed by atoms with Crippen molar-refractivity contribution in [3.63, 3.8) is 0 Å². The highest BCUT2D eigenvalue weighted by molar-refractivity contribution is 14.0. The Morgan fingerprint density at radius 2 is 2.00 bits per heavy atom. The number of aromatic nitrogens is 2. The maximum absolute atomic E-state index is 6.09. The number of rotatable bonds is 6. The topological polar surface area (TPSA) is 63.5 Å². The molecule has 0 spiro atoms. The monoisotopic (exact) mass is 525 g/mol. The molecule has 2 unspecified atom stereocenters. The number of hydrogen-bond acceptors (Lipinski definition) is 3. The number of nitrogens with one attached hydrogen (secondary N) is 2. The summed E-state index contributed by atoms with van der Waals surface area (Å²) in [6.07, 6.45) is 7.52. The van der Waals surface area contributed by atoms with Gasteiger partial charge in [0.05, 0.1) is 18.0 Å². The fourth-order valence-electron chi connectivity index (χ4n) is 3.99. The molecule has 0 amide bonds. The first-order chi connectivity index (χ1) is 14.0. The van der Waals surface area contributed by atoms with Crippen molar-refractivity contribution in [1.82, 2.24) is 20.4 Å². The van der Waals surface area contributed by atoms with E-state index >= 15 is 0 Å². The van der Waals surface area contributed by atoms with Crippen LogP contribution in [-0.2, 0) is 11.2 Å². The highest BCUT2D eigenvalue weighted by Gasteiger charge is 2.35. The van der Waals surface area contributed by atoms with E-state index in [1.165, 1.54) is 12.0 Å². The van der Waals surface area contributed by atoms with Gasteiger partial charge in [0.25, 0.3) is 0 Å². The number of ether oxygens (including phenoxy) is 1. The lowest BCUT2D eigenvalue weighted by molar-refractivity contribution is -0.0835. The lowest BCUT2D eigenvalue weighted by Gasteiger charge is -2.40. The largest absolute Gasteiger partial charge is 0.377 e. The average molecular weight is 525 g/mol. The predicted octanol–water partition coefficient (Wildman–Crippen LogP) is 4.04. The van der Waals surface area contributed by atoms with Crippen molar-refractivity contribution in [1.29, 1.82) is 0 Å². The van der Waals surface area contributed by atoms with Crippen molar-refractivity contribution in [2.75, 3.05) is 26.7 Å². The summed E-state index contributed by atoms with van der Waals surface area (Å²) in [5, 5.41) is 11.4. The summed E-state index contributed by atoms with van der Waals surface area (Å²) in [4.78, 5) is 4.38. The van der Waals surface area contributed by atoms with Gasteiger partial charge in [0, 0.05) is 38.9 Å². The van der Waals surface area contributed by atoms with Gasteiger partial charge in [0.1, 0.15) is 0 Å². The standard InChI is InChI=1S/C23H35N5O.HI/c1-23(2,3)21-19(9-8-14-29-21)16-26-22(24-4)25-13-12-18-15-27-28(17-18)20-10-6-5-7-11-20;/h5-7,10-11,15,17,19,21H,8-9,12-14,16H2,1-4H3,(H2,24,25,26);1H. The van der Waals surface area contributed by atoms with E-state index in [-0.39, 0.29) is 35.5 Å². The van der Waals surface area contributed by atoms with Crippen molar-refractivity contribution in [3.8, 4) is 5.69 Å². The van der Waals surface area contributed by atoms with Crippen LogP contribution in [0.25, 0.3) is 5.69 Å². The van der Waals surface area contributed by atoms with Crippen LogP contribution in [0.2, 0.25) is 0 Å². The molecule has 1 aromatic heterocycles. The molecule has 2 heterocycles. The van der Waals surface area contributed by atoms with E-state index < -0.39 is 0 Å². The Kier molecular flexibility index (Phi) is 9.61. The van der Waals surface area contributed by atoms with Crippen LogP contribution in [0.3, 0.4) is 0 Å². The van der Waals surface area contributed by atoms with Gasteiger partial charge < -0.3 is 15.4 Å². The van der Waals surface area contributed by atoms with Crippen LogP contribution in [0.5, 0.6) is 0 Å². The normalized spacial score (nSPS) is 19.8. The van der Waals surface area contributed by atoms with Crippen molar-refractivity contribution >= 4 is 29.9 Å². The molecule has 2 aromatic rings. The molecular formula is C23H36IN5O. The van der Waals surface area contributed by atoms with Crippen LogP contribution in [-0.4, -0.2) is 48.6 Å². The van der Waals surface area contributed by atoms with Crippen molar-refractivity contribution in [3.05, 3.63) is 48.3 Å². The van der Waals surface area contributed by atoms with Gasteiger partial charge in [-0.05, 0) is 42.4 Å². The first-order valence-electron chi connectivity index (χ1n) is 10.6. The van der Waals surface area contributed by atoms with Gasteiger partial charge in [-0.15, -0.1) is 24.0 Å². The second-order valence-corrected chi connectivity index (χ2v) is 8.82. The third kappa shape index (κ3) is 6.97. The summed E-state index contributed by atoms with van der Waals surface area (Å²) in [6.45, 7) is 9.36. The lowest BCUT2D eigenvalue weighted by atomic mass is 9.78. The van der Waals surface area contributed by atoms with E-state index in [2.05, 4.69) is 59.8 Å². The molecular weight excluding hydrogens is 489 g/mol. The minimum Gasteiger partial charge on any atom is -0.377 e. The van der Waals surface area contributed by atoms with E-state index in [0.717, 1.165) is 44.2 Å². The van der Waals surface area contributed by atoms with Crippen LogP contribution in [0.15, 0.2) is 47.7 Å². The molecule has 1 aliphatic heterocycles. The molecule has 0 radical (unpaired) electrons. The van der Waals surface area contributed by atoms with Gasteiger partial charge in [-0.25, -0.2) is 4.68 Å². The number of para-hydroxylation sites is 1. The summed E-state index contributed by atoms with van der Waals surface area (Å²) >= 11 is 0. The van der Waals surface area contributed by atoms with E-state index in [9.17, 15) is 0 Å². The number of hydrogen-bond donors (Lipinski definition) is 2. The number of benzene rings is 1. The third-order valence-electron chi connectivity index (χ3n) is 5.42. The highest BCUT2D eigenvalue weighted by Crippen LogP contribution is 2.33. The lowest BCUT2D eigenvalue weighted by Crippen LogP contribution is -2.47. The smallest absolute Gasteiger partial charge is 0.190 e. The maximum atomic E-state index is 6.09. The van der Waals surface area contributed by atoms with Crippen LogP contribution < -0.4 is 10.6 Å². The quantitative estimate of drug-likeness (QED) is 0.340. The Balaban J connectivity index is 0.00000320. The van der Waals surface area contributed by atoms with Crippen LogP contribution in [0, 0.1) is 11.3 Å². The molecule has 1 saturated heterocycles. The Bertz CT molecular complexity index is 784. The van der Waals surface area contributed by atoms with E-state index in [1.807, 2.05) is 36.1 Å². The SMILES string of the molecule is CN=C(NCCc1cnn(-c2ccccc2)c1)NCC1CCCOC1C(C)(C)C.I. The summed E-state index contributed by atoms with van der Waals surface area (Å²) in [5.74, 6) is 1.35. The highest BCUT2D eigenvalue weighted by atomic mass is 127. The predicted molar refractivity (Wildman–Crippen MR) is 134 cm³/mol. The Hall–Kier alpha value is -1.61. The Morgan fingerprint density at radius 3 is 2.70 bits per heavy atom. The maximum Gasteiger partial charge on any atom is 0.190 e. The molecule has 2 atom stereocenters. The number of halogens is 1. The number of guanidine groups is 1. The van der Waals surface area contributed by atoms with Crippen LogP contribution in [0.4, 0.5) is 0 Å². The Morgan fingerprint density at radius 1 is 1.23 bits per heavy atom. The zero-order valence-corrected chi connectivity index (χ0v) is 20.9. The van der Waals surface area contributed by atoms with Gasteiger partial charge in [-0.2, -0.15) is 5.10 Å². The van der Waals surface area contributed by atoms with E-state index in [0.29, 0.717) is 5.92 Å². The fraction of sp³-hybridized carbons (Fsp3) is 0.565. The minimum atomic E-state index is 0. The van der Waals surface area contributed by atoms with E-state index in [1.54, 1.807) is 0 Å². The third-order valence-corrected chi connectivity index (χ3v) is 5.42. The molecule has 1 aliphatic rings. The summed E-state index contributed by atoms with van der Waals surface area (Å²) in [7, 11) is 1.82. The van der Waals surface area contributed by atoms with Gasteiger partial charge >= 0.3 is 0 Å². The molecule has 166 valence electrons. The Labute approximate surface area is 197 Å². The molecule has 0 aliphatic carbocycles. The molecule has 2 N–H and O–H groups in total. The molecule has 0 bridgehead atoms. The molecule has 6 nitrogen and oxygen atoms in total. The zero-order valence-electron chi connectivity index (χ0n) is 18.6. The first-order valence-corrected chi connectivity index (χ1v) is 10.6. The van der Waals surface area contributed by atoms with Gasteiger partial charge in [0.15, 0.2) is 5.96 Å². The molecule has 7 heteroatoms. The molecule has 1 fully saturated rings. The summed E-state index contributed by atoms with van der Waals surface area (Å²) < 4.78 is 8.00. The molecule has 3 rings (SSSR count). The van der Waals surface area contributed by atoms with Crippen molar-refractivity contribution < 1.29 is 4.74 Å². The zero-order chi connectivity index (χ0) is 20.7. The molecule has 30 heavy (non-hydrogen) atoms. The molecule has 0 saturated carbocycles. The van der Waals surface area contributed by atoms with E-state index in [4.69, 9.17) is 4.74 Å². The van der Waals surface area contributed by atoms with Crippen LogP contribution >= 0.6 is 24.0 Å². The van der Waals surface area contributed by atoms with Crippen molar-refractivity contribution in [2.24, 2.45) is 16.3 Å². The second-order valence-electron chi connectivity index (χ2n) is 8.82. The van der Waals surface area contributed by atoms with Crippen LogP contribution in [0.1, 0.15) is 39.2 Å². The number of nitrogens with zero attached hydrogens (tertiary/aromatic N) is 3. The number of aliphatic imine (C=N–C) groups is 1. The fourth-order valence-corrected chi connectivity index (χ4v) is 3.99. The van der Waals surface area contributed by atoms with Crippen molar-refractivity contribution in [2.45, 2.75) is 46.1 Å². The van der Waals surface area contributed by atoms with Gasteiger partial charge in [0.2, 0.25) is 0 Å². The van der Waals surface area contributed by atoms with Gasteiger partial charge in [-0.1, -0.05) is 39.0 Å². The summed E-state index contributed by atoms with van der Waals surface area (Å²) in [5.41, 5.74) is 2.43. The van der Waals surface area contributed by atoms with Gasteiger partial charge in [-0.3, -0.25) is 4.99 Å².